The summed E-state index contributed by atoms with van der Waals surface area (Å²) in [6.45, 7) is 3.08. The standard InChI is InChI=1S/C13H19N3O3S/c1-9(7-14-2)8-15-20(18,19)11-3-4-12-10(5-11)6-13(17)16-12/h3-5,9,14-15H,6-8H2,1-2H3,(H,16,17). The number of anilines is 1. The topological polar surface area (TPSA) is 87.3 Å². The molecular formula is C13H19N3O3S. The Morgan fingerprint density at radius 2 is 2.10 bits per heavy atom. The van der Waals surface area contributed by atoms with E-state index >= 15 is 0 Å². The molecule has 1 unspecified atom stereocenters. The van der Waals surface area contributed by atoms with E-state index in [0.717, 1.165) is 12.1 Å². The van der Waals surface area contributed by atoms with E-state index in [1.165, 1.54) is 6.07 Å². The van der Waals surface area contributed by atoms with E-state index in [0.29, 0.717) is 12.2 Å². The van der Waals surface area contributed by atoms with E-state index in [1.54, 1.807) is 12.1 Å². The SMILES string of the molecule is CNCC(C)CNS(=O)(=O)c1ccc2c(c1)CC(=O)N2. The van der Waals surface area contributed by atoms with Gasteiger partial charge in [0.2, 0.25) is 15.9 Å². The van der Waals surface area contributed by atoms with Gasteiger partial charge in [0.05, 0.1) is 11.3 Å². The largest absolute Gasteiger partial charge is 0.326 e. The second kappa shape index (κ2) is 5.90. The van der Waals surface area contributed by atoms with Crippen LogP contribution in [0.15, 0.2) is 23.1 Å². The van der Waals surface area contributed by atoms with Crippen LogP contribution in [-0.4, -0.2) is 34.5 Å². The molecule has 0 aromatic heterocycles. The average Bonchev–Trinajstić information content (AvgIpc) is 2.76. The summed E-state index contributed by atoms with van der Waals surface area (Å²) in [5.41, 5.74) is 1.42. The number of carbonyl (C=O) groups is 1. The summed E-state index contributed by atoms with van der Waals surface area (Å²) in [5.74, 6) is 0.0950. The van der Waals surface area contributed by atoms with Gasteiger partial charge in [0.25, 0.3) is 0 Å². The van der Waals surface area contributed by atoms with Gasteiger partial charge in [0.1, 0.15) is 0 Å². The lowest BCUT2D eigenvalue weighted by Crippen LogP contribution is -2.32. The van der Waals surface area contributed by atoms with Crippen molar-refractivity contribution in [1.82, 2.24) is 10.0 Å². The van der Waals surface area contributed by atoms with Crippen LogP contribution in [0.1, 0.15) is 12.5 Å². The first-order valence-electron chi connectivity index (χ1n) is 6.49. The molecule has 1 heterocycles. The van der Waals surface area contributed by atoms with Crippen molar-refractivity contribution in [3.63, 3.8) is 0 Å². The number of carbonyl (C=O) groups excluding carboxylic acids is 1. The van der Waals surface area contributed by atoms with Crippen LogP contribution in [0.25, 0.3) is 0 Å². The first-order valence-corrected chi connectivity index (χ1v) is 7.97. The molecule has 0 saturated carbocycles. The van der Waals surface area contributed by atoms with Crippen LogP contribution in [0.2, 0.25) is 0 Å². The summed E-state index contributed by atoms with van der Waals surface area (Å²) < 4.78 is 27.0. The van der Waals surface area contributed by atoms with Crippen LogP contribution in [0.4, 0.5) is 5.69 Å². The summed E-state index contributed by atoms with van der Waals surface area (Å²) in [5, 5.41) is 5.68. The zero-order chi connectivity index (χ0) is 14.8. The monoisotopic (exact) mass is 297 g/mol. The fraction of sp³-hybridized carbons (Fsp3) is 0.462. The molecule has 1 aromatic carbocycles. The fourth-order valence-electron chi connectivity index (χ4n) is 2.13. The molecule has 20 heavy (non-hydrogen) atoms. The number of hydrogen-bond donors (Lipinski definition) is 3. The fourth-order valence-corrected chi connectivity index (χ4v) is 3.34. The lowest BCUT2D eigenvalue weighted by molar-refractivity contribution is -0.115. The normalized spacial score (nSPS) is 15.8. The van der Waals surface area contributed by atoms with Crippen molar-refractivity contribution in [3.05, 3.63) is 23.8 Å². The minimum absolute atomic E-state index is 0.106. The molecule has 1 aliphatic heterocycles. The van der Waals surface area contributed by atoms with Crippen molar-refractivity contribution < 1.29 is 13.2 Å². The van der Waals surface area contributed by atoms with Gasteiger partial charge >= 0.3 is 0 Å². The number of nitrogens with one attached hydrogen (secondary N) is 3. The van der Waals surface area contributed by atoms with Crippen molar-refractivity contribution in [3.8, 4) is 0 Å². The van der Waals surface area contributed by atoms with Crippen molar-refractivity contribution >= 4 is 21.6 Å². The summed E-state index contributed by atoms with van der Waals surface area (Å²) in [6.07, 6.45) is 0.231. The van der Waals surface area contributed by atoms with E-state index in [4.69, 9.17) is 0 Å². The highest BCUT2D eigenvalue weighted by Gasteiger charge is 2.21. The highest BCUT2D eigenvalue weighted by Crippen LogP contribution is 2.25. The molecule has 1 atom stereocenters. The van der Waals surface area contributed by atoms with Crippen molar-refractivity contribution in [2.24, 2.45) is 5.92 Å². The summed E-state index contributed by atoms with van der Waals surface area (Å²) in [7, 11) is -1.70. The number of sulfonamides is 1. The van der Waals surface area contributed by atoms with Gasteiger partial charge in [0.15, 0.2) is 0 Å². The van der Waals surface area contributed by atoms with Crippen LogP contribution < -0.4 is 15.4 Å². The lowest BCUT2D eigenvalue weighted by atomic mass is 10.2. The van der Waals surface area contributed by atoms with Crippen LogP contribution in [-0.2, 0) is 21.2 Å². The summed E-state index contributed by atoms with van der Waals surface area (Å²) >= 11 is 0. The van der Waals surface area contributed by atoms with Gasteiger partial charge in [-0.15, -0.1) is 0 Å². The molecule has 1 aliphatic rings. The molecule has 0 radical (unpaired) electrons. The van der Waals surface area contributed by atoms with Gasteiger partial charge in [-0.25, -0.2) is 13.1 Å². The highest BCUT2D eigenvalue weighted by atomic mass is 32.2. The van der Waals surface area contributed by atoms with Gasteiger partial charge in [-0.05, 0) is 43.3 Å². The Bertz CT molecular complexity index is 613. The van der Waals surface area contributed by atoms with Gasteiger partial charge in [0, 0.05) is 12.2 Å². The molecule has 0 fully saturated rings. The molecule has 110 valence electrons. The maximum Gasteiger partial charge on any atom is 0.240 e. The number of rotatable bonds is 6. The molecule has 0 aliphatic carbocycles. The second-order valence-electron chi connectivity index (χ2n) is 5.06. The van der Waals surface area contributed by atoms with E-state index in [2.05, 4.69) is 15.4 Å². The Kier molecular flexibility index (Phi) is 4.42. The third-order valence-corrected chi connectivity index (χ3v) is 4.61. The highest BCUT2D eigenvalue weighted by molar-refractivity contribution is 7.89. The predicted octanol–water partition coefficient (Wildman–Crippen LogP) is 0.315. The smallest absolute Gasteiger partial charge is 0.240 e. The molecule has 0 bridgehead atoms. The number of amides is 1. The number of benzene rings is 1. The molecule has 6 nitrogen and oxygen atoms in total. The third kappa shape index (κ3) is 3.36. The van der Waals surface area contributed by atoms with Crippen LogP contribution in [0, 0.1) is 5.92 Å². The second-order valence-corrected chi connectivity index (χ2v) is 6.83. The molecule has 7 heteroatoms. The van der Waals surface area contributed by atoms with Gasteiger partial charge in [-0.1, -0.05) is 6.92 Å². The molecule has 1 amide bonds. The summed E-state index contributed by atoms with van der Waals surface area (Å²) in [4.78, 5) is 11.5. The molecule has 2 rings (SSSR count). The van der Waals surface area contributed by atoms with E-state index in [1.807, 2.05) is 14.0 Å². The molecule has 3 N–H and O–H groups in total. The van der Waals surface area contributed by atoms with Crippen LogP contribution in [0.3, 0.4) is 0 Å². The zero-order valence-corrected chi connectivity index (χ0v) is 12.4. The third-order valence-electron chi connectivity index (χ3n) is 3.19. The molecule has 0 saturated heterocycles. The maximum absolute atomic E-state index is 12.2. The van der Waals surface area contributed by atoms with Crippen LogP contribution >= 0.6 is 0 Å². The molecular weight excluding hydrogens is 278 g/mol. The van der Waals surface area contributed by atoms with Crippen molar-refractivity contribution in [1.29, 1.82) is 0 Å². The van der Waals surface area contributed by atoms with Crippen molar-refractivity contribution in [2.75, 3.05) is 25.5 Å². The average molecular weight is 297 g/mol. The minimum atomic E-state index is -3.53. The first-order chi connectivity index (χ1) is 9.42. The van der Waals surface area contributed by atoms with E-state index < -0.39 is 10.0 Å². The van der Waals surface area contributed by atoms with E-state index in [-0.39, 0.29) is 23.1 Å². The van der Waals surface area contributed by atoms with Crippen LogP contribution in [0.5, 0.6) is 0 Å². The Labute approximate surface area is 119 Å². The molecule has 1 aromatic rings. The quantitative estimate of drug-likeness (QED) is 0.705. The Morgan fingerprint density at radius 1 is 1.35 bits per heavy atom. The predicted molar refractivity (Wildman–Crippen MR) is 77.1 cm³/mol. The maximum atomic E-state index is 12.2. The number of fused-ring (bicyclic) bond motifs is 1. The van der Waals surface area contributed by atoms with Gasteiger partial charge in [-0.2, -0.15) is 0 Å². The van der Waals surface area contributed by atoms with Gasteiger partial charge in [-0.3, -0.25) is 4.79 Å². The summed E-state index contributed by atoms with van der Waals surface area (Å²) in [6, 6.07) is 4.69. The Balaban J connectivity index is 2.11. The zero-order valence-electron chi connectivity index (χ0n) is 11.6. The first kappa shape index (κ1) is 15.0. The Morgan fingerprint density at radius 3 is 2.80 bits per heavy atom. The minimum Gasteiger partial charge on any atom is -0.326 e. The Hall–Kier alpha value is -1.44. The van der Waals surface area contributed by atoms with Crippen molar-refractivity contribution in [2.45, 2.75) is 18.2 Å². The number of hydrogen-bond acceptors (Lipinski definition) is 4. The van der Waals surface area contributed by atoms with E-state index in [9.17, 15) is 13.2 Å². The van der Waals surface area contributed by atoms with Gasteiger partial charge < -0.3 is 10.6 Å². The molecule has 0 spiro atoms. The lowest BCUT2D eigenvalue weighted by Gasteiger charge is -2.13.